The van der Waals surface area contributed by atoms with E-state index in [1.54, 1.807) is 24.3 Å². The van der Waals surface area contributed by atoms with Crippen molar-refractivity contribution in [3.05, 3.63) is 71.2 Å². The Labute approximate surface area is 181 Å². The van der Waals surface area contributed by atoms with Crippen molar-refractivity contribution in [3.8, 4) is 23.6 Å². The van der Waals surface area contributed by atoms with Crippen molar-refractivity contribution in [2.75, 3.05) is 6.61 Å². The monoisotopic (exact) mass is 432 g/mol. The molecule has 0 aliphatic carbocycles. The smallest absolute Gasteiger partial charge is 0.195 e. The summed E-state index contributed by atoms with van der Waals surface area (Å²) >= 11 is 2.66. The second-order valence-corrected chi connectivity index (χ2v) is 7.92. The van der Waals surface area contributed by atoms with E-state index in [1.165, 1.54) is 22.7 Å². The van der Waals surface area contributed by atoms with E-state index in [-0.39, 0.29) is 5.75 Å². The van der Waals surface area contributed by atoms with Crippen LogP contribution in [-0.2, 0) is 6.42 Å². The summed E-state index contributed by atoms with van der Waals surface area (Å²) in [6, 6.07) is 12.9. The van der Waals surface area contributed by atoms with Crippen LogP contribution in [0, 0.1) is 22.7 Å². The molecule has 2 aromatic heterocycles. The van der Waals surface area contributed by atoms with E-state index in [2.05, 4.69) is 23.1 Å². The highest BCUT2D eigenvalue weighted by atomic mass is 32.1. The fourth-order valence-electron chi connectivity index (χ4n) is 2.62. The summed E-state index contributed by atoms with van der Waals surface area (Å²) in [6.45, 7) is 7.70. The normalized spacial score (nSPS) is 9.93. The molecule has 0 aliphatic heterocycles. The molecule has 4 aromatic rings. The molecule has 6 nitrogen and oxygen atoms in total. The van der Waals surface area contributed by atoms with Crippen molar-refractivity contribution in [2.24, 2.45) is 0 Å². The van der Waals surface area contributed by atoms with E-state index in [0.717, 1.165) is 31.7 Å². The number of nitriles is 2. The van der Waals surface area contributed by atoms with Crippen molar-refractivity contribution >= 4 is 43.1 Å². The van der Waals surface area contributed by atoms with Gasteiger partial charge in [-0.05, 0) is 36.8 Å². The summed E-state index contributed by atoms with van der Waals surface area (Å²) < 4.78 is 7.22. The first kappa shape index (κ1) is 21.0. The maximum atomic E-state index is 9.67. The predicted octanol–water partition coefficient (Wildman–Crippen LogP) is 5.33. The Kier molecular flexibility index (Phi) is 6.76. The standard InChI is InChI=1S/2C11H8N2OS/c1-2-5-14-8-3-4-9-10(6-8)15-11(7-12)13-9;1-2-3-7-9(14)5-4-8-11(7)15-10(6-12)13-8/h2-4,6H,1,5H2;2,4-5,14H,1,3H2. The lowest BCUT2D eigenvalue weighted by Crippen LogP contribution is -1.91. The van der Waals surface area contributed by atoms with Crippen LogP contribution in [0.1, 0.15) is 15.6 Å². The molecule has 2 heterocycles. The number of phenols is 1. The molecule has 0 atom stereocenters. The number of nitrogens with zero attached hydrogens (tertiary/aromatic N) is 4. The molecule has 30 heavy (non-hydrogen) atoms. The Hall–Kier alpha value is -3.72. The van der Waals surface area contributed by atoms with Gasteiger partial charge in [0.25, 0.3) is 0 Å². The van der Waals surface area contributed by atoms with Crippen molar-refractivity contribution in [1.29, 1.82) is 10.5 Å². The van der Waals surface area contributed by atoms with Gasteiger partial charge in [0.2, 0.25) is 0 Å². The van der Waals surface area contributed by atoms with E-state index in [4.69, 9.17) is 15.3 Å². The Balaban J connectivity index is 0.000000171. The number of aromatic nitrogens is 2. The third-order valence-electron chi connectivity index (χ3n) is 3.90. The molecule has 8 heteroatoms. The van der Waals surface area contributed by atoms with Gasteiger partial charge in [-0.2, -0.15) is 10.5 Å². The molecule has 0 spiro atoms. The molecule has 0 bridgehead atoms. The first-order chi connectivity index (χ1) is 14.6. The van der Waals surface area contributed by atoms with Gasteiger partial charge in [0.1, 0.15) is 30.2 Å². The molecule has 148 valence electrons. The molecule has 0 amide bonds. The number of fused-ring (bicyclic) bond motifs is 2. The van der Waals surface area contributed by atoms with Crippen LogP contribution in [0.2, 0.25) is 0 Å². The van der Waals surface area contributed by atoms with Crippen LogP contribution in [0.3, 0.4) is 0 Å². The number of benzene rings is 2. The Bertz CT molecular complexity index is 1310. The summed E-state index contributed by atoms with van der Waals surface area (Å²) in [7, 11) is 0. The summed E-state index contributed by atoms with van der Waals surface area (Å²) in [5.74, 6) is 1.01. The molecule has 0 saturated heterocycles. The van der Waals surface area contributed by atoms with Crippen LogP contribution in [0.4, 0.5) is 0 Å². The lowest BCUT2D eigenvalue weighted by molar-refractivity contribution is 0.364. The number of phenolic OH excluding ortho intramolecular Hbond substituents is 1. The highest BCUT2D eigenvalue weighted by molar-refractivity contribution is 7.19. The molecule has 4 rings (SSSR count). The van der Waals surface area contributed by atoms with E-state index in [9.17, 15) is 5.11 Å². The molecule has 0 fully saturated rings. The molecule has 0 radical (unpaired) electrons. The summed E-state index contributed by atoms with van der Waals surface area (Å²) in [5, 5.41) is 28.0. The van der Waals surface area contributed by atoms with Crippen LogP contribution >= 0.6 is 22.7 Å². The Morgan fingerprint density at radius 2 is 1.70 bits per heavy atom. The highest BCUT2D eigenvalue weighted by Crippen LogP contribution is 2.32. The number of rotatable bonds is 5. The number of hydrogen-bond donors (Lipinski definition) is 1. The van der Waals surface area contributed by atoms with Gasteiger partial charge >= 0.3 is 0 Å². The fraction of sp³-hybridized carbons (Fsp3) is 0.0909. The third kappa shape index (κ3) is 4.64. The van der Waals surface area contributed by atoms with Crippen LogP contribution < -0.4 is 4.74 Å². The molecule has 0 unspecified atom stereocenters. The topological polar surface area (TPSA) is 103 Å². The lowest BCUT2D eigenvalue weighted by Gasteiger charge is -2.01. The molecular weight excluding hydrogens is 416 g/mol. The molecule has 2 aromatic carbocycles. The summed E-state index contributed by atoms with van der Waals surface area (Å²) in [6.07, 6.45) is 3.99. The second kappa shape index (κ2) is 9.66. The fourth-order valence-corrected chi connectivity index (χ4v) is 4.33. The van der Waals surface area contributed by atoms with Crippen molar-refractivity contribution in [3.63, 3.8) is 0 Å². The average molecular weight is 433 g/mol. The maximum Gasteiger partial charge on any atom is 0.195 e. The van der Waals surface area contributed by atoms with E-state index in [1.807, 2.05) is 30.3 Å². The van der Waals surface area contributed by atoms with Crippen molar-refractivity contribution < 1.29 is 9.84 Å². The van der Waals surface area contributed by atoms with Crippen LogP contribution in [0.5, 0.6) is 11.5 Å². The number of thiazole rings is 2. The predicted molar refractivity (Wildman–Crippen MR) is 120 cm³/mol. The first-order valence-electron chi connectivity index (χ1n) is 8.76. The molecule has 0 saturated carbocycles. The zero-order valence-corrected chi connectivity index (χ0v) is 17.5. The third-order valence-corrected chi connectivity index (χ3v) is 5.86. The minimum absolute atomic E-state index is 0.232. The second-order valence-electron chi connectivity index (χ2n) is 5.90. The minimum atomic E-state index is 0.232. The average Bonchev–Trinajstić information content (AvgIpc) is 3.38. The largest absolute Gasteiger partial charge is 0.508 e. The molecular formula is C22H16N4O2S2. The number of hydrogen-bond acceptors (Lipinski definition) is 8. The van der Waals surface area contributed by atoms with Crippen LogP contribution in [0.15, 0.2) is 55.6 Å². The van der Waals surface area contributed by atoms with Gasteiger partial charge in [-0.15, -0.1) is 29.3 Å². The zero-order valence-electron chi connectivity index (χ0n) is 15.8. The van der Waals surface area contributed by atoms with Gasteiger partial charge in [0, 0.05) is 5.56 Å². The van der Waals surface area contributed by atoms with Gasteiger partial charge in [-0.25, -0.2) is 9.97 Å². The first-order valence-corrected chi connectivity index (χ1v) is 10.4. The van der Waals surface area contributed by atoms with Crippen molar-refractivity contribution in [2.45, 2.75) is 6.42 Å². The van der Waals surface area contributed by atoms with E-state index < -0.39 is 0 Å². The van der Waals surface area contributed by atoms with E-state index in [0.29, 0.717) is 23.0 Å². The number of allylic oxidation sites excluding steroid dienone is 1. The van der Waals surface area contributed by atoms with Gasteiger partial charge in [-0.1, -0.05) is 18.7 Å². The lowest BCUT2D eigenvalue weighted by atomic mass is 10.1. The SMILES string of the molecule is C=CCOc1ccc2nc(C#N)sc2c1.C=CCc1c(O)ccc2nc(C#N)sc12. The minimum Gasteiger partial charge on any atom is -0.508 e. The van der Waals surface area contributed by atoms with Gasteiger partial charge in [0.15, 0.2) is 10.0 Å². The van der Waals surface area contributed by atoms with Gasteiger partial charge in [0.05, 0.1) is 20.4 Å². The van der Waals surface area contributed by atoms with Gasteiger partial charge in [-0.3, -0.25) is 0 Å². The number of ether oxygens (including phenoxy) is 1. The zero-order chi connectivity index (χ0) is 21.5. The van der Waals surface area contributed by atoms with Gasteiger partial charge < -0.3 is 9.84 Å². The summed E-state index contributed by atoms with van der Waals surface area (Å²) in [4.78, 5) is 8.26. The molecule has 0 aliphatic rings. The maximum absolute atomic E-state index is 9.67. The summed E-state index contributed by atoms with van der Waals surface area (Å²) in [5.41, 5.74) is 2.38. The Morgan fingerprint density at radius 1 is 1.00 bits per heavy atom. The van der Waals surface area contributed by atoms with Crippen LogP contribution in [0.25, 0.3) is 20.4 Å². The Morgan fingerprint density at radius 3 is 2.40 bits per heavy atom. The van der Waals surface area contributed by atoms with Crippen molar-refractivity contribution in [1.82, 2.24) is 9.97 Å². The quantitative estimate of drug-likeness (QED) is 0.427. The highest BCUT2D eigenvalue weighted by Gasteiger charge is 2.10. The number of aromatic hydroxyl groups is 1. The molecule has 1 N–H and O–H groups in total. The van der Waals surface area contributed by atoms with Crippen LogP contribution in [-0.4, -0.2) is 21.7 Å². The van der Waals surface area contributed by atoms with E-state index >= 15 is 0 Å².